The molecule has 0 aliphatic heterocycles. The quantitative estimate of drug-likeness (QED) is 0.585. The molecule has 0 fully saturated rings. The van der Waals surface area contributed by atoms with Crippen LogP contribution in [-0.4, -0.2) is 28.8 Å². The highest BCUT2D eigenvalue weighted by molar-refractivity contribution is 9.08. The van der Waals surface area contributed by atoms with Crippen LogP contribution in [0.4, 0.5) is 0 Å². The van der Waals surface area contributed by atoms with Crippen LogP contribution in [0.5, 0.6) is 0 Å². The molecule has 20 heavy (non-hydrogen) atoms. The Morgan fingerprint density at radius 1 is 1.35 bits per heavy atom. The van der Waals surface area contributed by atoms with Gasteiger partial charge in [0.15, 0.2) is 6.10 Å². The van der Waals surface area contributed by atoms with Gasteiger partial charge in [0.1, 0.15) is 0 Å². The molecule has 0 aliphatic rings. The molecule has 110 valence electrons. The van der Waals surface area contributed by atoms with Gasteiger partial charge in [-0.15, -0.1) is 0 Å². The predicted octanol–water partition coefficient (Wildman–Crippen LogP) is 2.20. The van der Waals surface area contributed by atoms with Gasteiger partial charge < -0.3 is 14.9 Å². The zero-order chi connectivity index (χ0) is 15.1. The van der Waals surface area contributed by atoms with Crippen molar-refractivity contribution in [1.29, 1.82) is 0 Å². The second-order valence-corrected chi connectivity index (χ2v) is 4.77. The Kier molecular flexibility index (Phi) is 6.67. The molecular weight excluding hydrogens is 328 g/mol. The summed E-state index contributed by atoms with van der Waals surface area (Å²) in [6, 6.07) is 4.94. The van der Waals surface area contributed by atoms with E-state index in [1.165, 1.54) is 0 Å². The number of hydrogen-bond donors (Lipinski definition) is 2. The summed E-state index contributed by atoms with van der Waals surface area (Å²) >= 11 is 3.34. The van der Waals surface area contributed by atoms with Gasteiger partial charge in [-0.3, -0.25) is 4.79 Å². The summed E-state index contributed by atoms with van der Waals surface area (Å²) in [5.74, 6) is -1.59. The predicted molar refractivity (Wildman–Crippen MR) is 76.6 cm³/mol. The zero-order valence-corrected chi connectivity index (χ0v) is 12.7. The molecule has 0 heterocycles. The summed E-state index contributed by atoms with van der Waals surface area (Å²) in [6.45, 7) is 2.08. The third kappa shape index (κ3) is 4.61. The van der Waals surface area contributed by atoms with Crippen LogP contribution in [-0.2, 0) is 26.1 Å². The number of alkyl halides is 1. The molecule has 0 aromatic heterocycles. The Morgan fingerprint density at radius 2 is 2.05 bits per heavy atom. The highest BCUT2D eigenvalue weighted by atomic mass is 79.9. The molecule has 1 aromatic rings. The largest absolute Gasteiger partial charge is 0.479 e. The molecule has 0 aliphatic carbocycles. The minimum absolute atomic E-state index is 0.223. The first-order valence-electron chi connectivity index (χ1n) is 6.23. The molecular formula is C14H17BrO5. The van der Waals surface area contributed by atoms with E-state index in [0.717, 1.165) is 11.1 Å². The molecule has 2 N–H and O–H groups in total. The summed E-state index contributed by atoms with van der Waals surface area (Å²) in [5, 5.41) is 18.9. The molecule has 1 atom stereocenters. The smallest absolute Gasteiger partial charge is 0.337 e. The average molecular weight is 345 g/mol. The van der Waals surface area contributed by atoms with Crippen LogP contribution in [0.1, 0.15) is 36.1 Å². The molecule has 1 rings (SSSR count). The number of hydrogen-bond acceptors (Lipinski definition) is 4. The Bertz CT molecular complexity index is 486. The SMILES string of the molecule is CCOC(=O)CCc1cc(C(O)C(=O)O)ccc1CBr. The van der Waals surface area contributed by atoms with Crippen LogP contribution in [0.15, 0.2) is 18.2 Å². The first kappa shape index (κ1) is 16.7. The van der Waals surface area contributed by atoms with E-state index in [4.69, 9.17) is 9.84 Å². The fraction of sp³-hybridized carbons (Fsp3) is 0.429. The zero-order valence-electron chi connectivity index (χ0n) is 11.1. The first-order chi connectivity index (χ1) is 9.49. The maximum absolute atomic E-state index is 11.4. The maximum Gasteiger partial charge on any atom is 0.337 e. The molecule has 0 saturated heterocycles. The third-order valence-electron chi connectivity index (χ3n) is 2.83. The number of ether oxygens (including phenoxy) is 1. The Morgan fingerprint density at radius 3 is 2.60 bits per heavy atom. The van der Waals surface area contributed by atoms with Gasteiger partial charge in [0, 0.05) is 11.8 Å². The summed E-state index contributed by atoms with van der Waals surface area (Å²) in [6.07, 6.45) is -0.888. The number of aliphatic carboxylic acids is 1. The molecule has 0 radical (unpaired) electrons. The number of rotatable bonds is 7. The van der Waals surface area contributed by atoms with E-state index in [1.54, 1.807) is 25.1 Å². The standard InChI is InChI=1S/C14H17BrO5/c1-2-20-12(16)6-5-9-7-10(13(17)14(18)19)3-4-11(9)8-15/h3-4,7,13,17H,2,5-6,8H2,1H3,(H,18,19). The normalized spacial score (nSPS) is 11.9. The minimum atomic E-state index is -1.55. The van der Waals surface area contributed by atoms with E-state index in [9.17, 15) is 14.7 Å². The van der Waals surface area contributed by atoms with Crippen molar-refractivity contribution >= 4 is 27.9 Å². The Labute approximate surface area is 125 Å². The number of esters is 1. The van der Waals surface area contributed by atoms with Crippen molar-refractivity contribution in [2.45, 2.75) is 31.2 Å². The summed E-state index contributed by atoms with van der Waals surface area (Å²) in [5.41, 5.74) is 2.09. The topological polar surface area (TPSA) is 83.8 Å². The number of halogens is 1. The lowest BCUT2D eigenvalue weighted by molar-refractivity contribution is -0.147. The van der Waals surface area contributed by atoms with Crippen LogP contribution in [0.3, 0.4) is 0 Å². The molecule has 1 unspecified atom stereocenters. The monoisotopic (exact) mass is 344 g/mol. The second-order valence-electron chi connectivity index (χ2n) is 4.21. The van der Waals surface area contributed by atoms with Gasteiger partial charge in [-0.1, -0.05) is 34.1 Å². The highest BCUT2D eigenvalue weighted by Gasteiger charge is 2.17. The lowest BCUT2D eigenvalue weighted by Gasteiger charge is -2.12. The van der Waals surface area contributed by atoms with E-state index in [-0.39, 0.29) is 12.4 Å². The van der Waals surface area contributed by atoms with Crippen molar-refractivity contribution in [1.82, 2.24) is 0 Å². The van der Waals surface area contributed by atoms with Crippen LogP contribution in [0, 0.1) is 0 Å². The van der Waals surface area contributed by atoms with Crippen molar-refractivity contribution in [2.24, 2.45) is 0 Å². The molecule has 5 nitrogen and oxygen atoms in total. The fourth-order valence-electron chi connectivity index (χ4n) is 1.79. The van der Waals surface area contributed by atoms with E-state index >= 15 is 0 Å². The number of aliphatic hydroxyl groups is 1. The molecule has 6 heteroatoms. The number of carboxylic acids is 1. The number of carbonyl (C=O) groups excluding carboxylic acids is 1. The maximum atomic E-state index is 11.4. The van der Waals surface area contributed by atoms with E-state index in [0.29, 0.717) is 23.9 Å². The summed E-state index contributed by atoms with van der Waals surface area (Å²) in [7, 11) is 0. The summed E-state index contributed by atoms with van der Waals surface area (Å²) in [4.78, 5) is 22.1. The highest BCUT2D eigenvalue weighted by Crippen LogP contribution is 2.21. The number of carbonyl (C=O) groups is 2. The lowest BCUT2D eigenvalue weighted by atomic mass is 9.98. The number of aryl methyl sites for hydroxylation is 1. The third-order valence-corrected chi connectivity index (χ3v) is 3.43. The van der Waals surface area contributed by atoms with Gasteiger partial charge >= 0.3 is 11.9 Å². The molecule has 0 spiro atoms. The second kappa shape index (κ2) is 8.01. The van der Waals surface area contributed by atoms with Crippen molar-refractivity contribution in [3.05, 3.63) is 34.9 Å². The molecule has 1 aromatic carbocycles. The van der Waals surface area contributed by atoms with Gasteiger partial charge in [0.25, 0.3) is 0 Å². The van der Waals surface area contributed by atoms with Gasteiger partial charge in [-0.25, -0.2) is 4.79 Å². The first-order valence-corrected chi connectivity index (χ1v) is 7.35. The van der Waals surface area contributed by atoms with Crippen LogP contribution >= 0.6 is 15.9 Å². The van der Waals surface area contributed by atoms with Gasteiger partial charge in [0.2, 0.25) is 0 Å². The Balaban J connectivity index is 2.89. The van der Waals surface area contributed by atoms with Crippen molar-refractivity contribution in [3.63, 3.8) is 0 Å². The number of benzene rings is 1. The van der Waals surface area contributed by atoms with E-state index in [1.807, 2.05) is 0 Å². The molecule has 0 bridgehead atoms. The van der Waals surface area contributed by atoms with E-state index in [2.05, 4.69) is 15.9 Å². The van der Waals surface area contributed by atoms with Crippen molar-refractivity contribution in [3.8, 4) is 0 Å². The fourth-order valence-corrected chi connectivity index (χ4v) is 2.34. The summed E-state index contributed by atoms with van der Waals surface area (Å²) < 4.78 is 4.86. The van der Waals surface area contributed by atoms with Crippen molar-refractivity contribution < 1.29 is 24.5 Å². The van der Waals surface area contributed by atoms with Crippen LogP contribution < -0.4 is 0 Å². The number of aliphatic hydroxyl groups excluding tert-OH is 1. The van der Waals surface area contributed by atoms with Crippen LogP contribution in [0.2, 0.25) is 0 Å². The number of carboxylic acid groups (broad SMARTS) is 1. The molecule has 0 saturated carbocycles. The lowest BCUT2D eigenvalue weighted by Crippen LogP contribution is -2.12. The minimum Gasteiger partial charge on any atom is -0.479 e. The van der Waals surface area contributed by atoms with Gasteiger partial charge in [0.05, 0.1) is 6.61 Å². The van der Waals surface area contributed by atoms with Gasteiger partial charge in [-0.05, 0) is 30.0 Å². The van der Waals surface area contributed by atoms with Gasteiger partial charge in [-0.2, -0.15) is 0 Å². The average Bonchev–Trinajstić information content (AvgIpc) is 2.44. The van der Waals surface area contributed by atoms with Crippen LogP contribution in [0.25, 0.3) is 0 Å². The Hall–Kier alpha value is -1.40. The van der Waals surface area contributed by atoms with E-state index < -0.39 is 12.1 Å². The molecule has 0 amide bonds. The van der Waals surface area contributed by atoms with Crippen molar-refractivity contribution in [2.75, 3.05) is 6.61 Å².